The van der Waals surface area contributed by atoms with Gasteiger partial charge in [0.15, 0.2) is 5.11 Å². The molecule has 33 heavy (non-hydrogen) atoms. The summed E-state index contributed by atoms with van der Waals surface area (Å²) in [7, 11) is 0. The van der Waals surface area contributed by atoms with Gasteiger partial charge in [-0.15, -0.1) is 0 Å². The van der Waals surface area contributed by atoms with Crippen molar-refractivity contribution < 1.29 is 9.18 Å². The largest absolute Gasteiger partial charge is 0.354 e. The molecule has 1 saturated carbocycles. The quantitative estimate of drug-likeness (QED) is 0.601. The molecule has 0 aromatic heterocycles. The minimum absolute atomic E-state index is 0.0657. The molecule has 2 aromatic rings. The van der Waals surface area contributed by atoms with Crippen LogP contribution in [0.1, 0.15) is 31.2 Å². The number of nitrogens with one attached hydrogen (secondary N) is 2. The number of nitrogens with zero attached hydrogens (tertiary/aromatic N) is 2. The molecular weight excluding hydrogens is 435 g/mol. The van der Waals surface area contributed by atoms with Gasteiger partial charge in [-0.1, -0.05) is 43.2 Å². The molecule has 0 bridgehead atoms. The highest BCUT2D eigenvalue weighted by molar-refractivity contribution is 7.80. The Morgan fingerprint density at radius 1 is 1.00 bits per heavy atom. The van der Waals surface area contributed by atoms with Crippen molar-refractivity contribution in [3.05, 3.63) is 66.0 Å². The van der Waals surface area contributed by atoms with Crippen LogP contribution in [0.2, 0.25) is 0 Å². The second-order valence-corrected chi connectivity index (χ2v) is 9.36. The molecule has 2 fully saturated rings. The number of hydrogen-bond acceptors (Lipinski definition) is 3. The van der Waals surface area contributed by atoms with Gasteiger partial charge < -0.3 is 15.5 Å². The van der Waals surface area contributed by atoms with E-state index in [1.54, 1.807) is 12.1 Å². The van der Waals surface area contributed by atoms with E-state index in [9.17, 15) is 9.18 Å². The molecule has 176 valence electrons. The van der Waals surface area contributed by atoms with E-state index in [0.29, 0.717) is 17.6 Å². The van der Waals surface area contributed by atoms with Gasteiger partial charge in [-0.3, -0.25) is 9.69 Å². The lowest BCUT2D eigenvalue weighted by molar-refractivity contribution is -0.129. The smallest absolute Gasteiger partial charge is 0.237 e. The van der Waals surface area contributed by atoms with Crippen molar-refractivity contribution in [3.8, 4) is 0 Å². The Balaban J connectivity index is 1.31. The first kappa shape index (κ1) is 23.6. The minimum Gasteiger partial charge on any atom is -0.354 e. The summed E-state index contributed by atoms with van der Waals surface area (Å²) in [6, 6.07) is 16.4. The van der Waals surface area contributed by atoms with Gasteiger partial charge in [0.05, 0.1) is 6.04 Å². The molecule has 5 nitrogen and oxygen atoms in total. The maximum absolute atomic E-state index is 13.3. The van der Waals surface area contributed by atoms with Crippen LogP contribution in [0, 0.1) is 11.7 Å². The SMILES string of the molecule is O=C(NCCc1ccccc1)[C@@H](C1CCCC1)N1CCN(C(=S)Nc2ccc(F)cc2)CC1. The monoisotopic (exact) mass is 468 g/mol. The summed E-state index contributed by atoms with van der Waals surface area (Å²) in [6.07, 6.45) is 5.53. The van der Waals surface area contributed by atoms with Crippen molar-refractivity contribution in [3.63, 3.8) is 0 Å². The Morgan fingerprint density at radius 3 is 2.33 bits per heavy atom. The van der Waals surface area contributed by atoms with Gasteiger partial charge in [0.2, 0.25) is 5.91 Å². The van der Waals surface area contributed by atoms with Gasteiger partial charge in [-0.25, -0.2) is 4.39 Å². The Kier molecular flexibility index (Phi) is 8.29. The van der Waals surface area contributed by atoms with Gasteiger partial charge in [0.25, 0.3) is 0 Å². The van der Waals surface area contributed by atoms with Crippen LogP contribution in [-0.2, 0) is 11.2 Å². The Morgan fingerprint density at radius 2 is 1.67 bits per heavy atom. The van der Waals surface area contributed by atoms with Crippen LogP contribution in [0.25, 0.3) is 0 Å². The fraction of sp³-hybridized carbons (Fsp3) is 0.462. The van der Waals surface area contributed by atoms with Crippen molar-refractivity contribution >= 4 is 28.9 Å². The summed E-state index contributed by atoms with van der Waals surface area (Å²) in [5, 5.41) is 7.06. The van der Waals surface area contributed by atoms with Crippen molar-refractivity contribution in [2.75, 3.05) is 38.0 Å². The summed E-state index contributed by atoms with van der Waals surface area (Å²) in [4.78, 5) is 17.8. The summed E-state index contributed by atoms with van der Waals surface area (Å²) in [5.74, 6) is 0.330. The number of anilines is 1. The van der Waals surface area contributed by atoms with Gasteiger partial charge in [0, 0.05) is 38.4 Å². The molecule has 7 heteroatoms. The first-order chi connectivity index (χ1) is 16.1. The van der Waals surface area contributed by atoms with Crippen molar-refractivity contribution in [2.45, 2.75) is 38.1 Å². The highest BCUT2D eigenvalue weighted by Crippen LogP contribution is 2.31. The Labute approximate surface area is 201 Å². The fourth-order valence-corrected chi connectivity index (χ4v) is 5.27. The second-order valence-electron chi connectivity index (χ2n) is 8.98. The van der Waals surface area contributed by atoms with Crippen LogP contribution in [0.3, 0.4) is 0 Å². The third-order valence-electron chi connectivity index (χ3n) is 6.76. The van der Waals surface area contributed by atoms with E-state index < -0.39 is 0 Å². The standard InChI is InChI=1S/C26H33FN4OS/c27-22-10-12-23(13-11-22)29-26(33)31-18-16-30(17-19-31)24(21-8-4-5-9-21)25(32)28-15-14-20-6-2-1-3-7-20/h1-3,6-7,10-13,21,24H,4-5,8-9,14-19H2,(H,28,32)(H,29,33)/t24-/m1/s1. The number of carbonyl (C=O) groups excluding carboxylic acids is 1. The van der Waals surface area contributed by atoms with Crippen LogP contribution in [0.4, 0.5) is 10.1 Å². The molecule has 2 N–H and O–H groups in total. The lowest BCUT2D eigenvalue weighted by Crippen LogP contribution is -2.58. The van der Waals surface area contributed by atoms with Crippen LogP contribution in [0.15, 0.2) is 54.6 Å². The first-order valence-corrected chi connectivity index (χ1v) is 12.4. The maximum atomic E-state index is 13.3. The van der Waals surface area contributed by atoms with E-state index in [2.05, 4.69) is 32.6 Å². The number of halogens is 1. The third-order valence-corrected chi connectivity index (χ3v) is 7.12. The third kappa shape index (κ3) is 6.51. The molecule has 1 aliphatic carbocycles. The van der Waals surface area contributed by atoms with Gasteiger partial charge in [-0.05, 0) is 67.2 Å². The van der Waals surface area contributed by atoms with Gasteiger partial charge in [0.1, 0.15) is 5.82 Å². The molecule has 0 unspecified atom stereocenters. The molecular formula is C26H33FN4OS. The predicted molar refractivity (Wildman–Crippen MR) is 135 cm³/mol. The second kappa shape index (κ2) is 11.6. The molecule has 1 saturated heterocycles. The summed E-state index contributed by atoms with van der Waals surface area (Å²) in [6.45, 7) is 3.82. The van der Waals surface area contributed by atoms with Crippen molar-refractivity contribution in [1.29, 1.82) is 0 Å². The normalized spacial score (nSPS) is 18.2. The number of hydrogen-bond donors (Lipinski definition) is 2. The van der Waals surface area contributed by atoms with E-state index in [1.807, 2.05) is 18.2 Å². The van der Waals surface area contributed by atoms with E-state index in [-0.39, 0.29) is 17.8 Å². The number of amides is 1. The van der Waals surface area contributed by atoms with Crippen LogP contribution < -0.4 is 10.6 Å². The molecule has 1 atom stereocenters. The zero-order valence-electron chi connectivity index (χ0n) is 19.0. The molecule has 2 aromatic carbocycles. The summed E-state index contributed by atoms with van der Waals surface area (Å²) >= 11 is 5.58. The molecule has 0 radical (unpaired) electrons. The number of benzene rings is 2. The predicted octanol–water partition coefficient (Wildman–Crippen LogP) is 4.06. The molecule has 4 rings (SSSR count). The molecule has 2 aliphatic rings. The zero-order chi connectivity index (χ0) is 23.0. The van der Waals surface area contributed by atoms with Crippen molar-refractivity contribution in [1.82, 2.24) is 15.1 Å². The highest BCUT2D eigenvalue weighted by atomic mass is 32.1. The topological polar surface area (TPSA) is 47.6 Å². The molecule has 1 aliphatic heterocycles. The average Bonchev–Trinajstić information content (AvgIpc) is 3.36. The van der Waals surface area contributed by atoms with Crippen LogP contribution in [0.5, 0.6) is 0 Å². The fourth-order valence-electron chi connectivity index (χ4n) is 4.97. The molecule has 1 heterocycles. The van der Waals surface area contributed by atoms with Crippen molar-refractivity contribution in [2.24, 2.45) is 5.92 Å². The number of piperazine rings is 1. The minimum atomic E-state index is -0.264. The number of rotatable bonds is 7. The van der Waals surface area contributed by atoms with Gasteiger partial charge >= 0.3 is 0 Å². The summed E-state index contributed by atoms with van der Waals surface area (Å²) < 4.78 is 13.1. The van der Waals surface area contributed by atoms with Crippen LogP contribution in [-0.4, -0.2) is 59.6 Å². The van der Waals surface area contributed by atoms with E-state index in [0.717, 1.165) is 51.1 Å². The van der Waals surface area contributed by atoms with Gasteiger partial charge in [-0.2, -0.15) is 0 Å². The van der Waals surface area contributed by atoms with E-state index in [1.165, 1.54) is 30.5 Å². The Hall–Kier alpha value is -2.51. The lowest BCUT2D eigenvalue weighted by Gasteiger charge is -2.41. The number of thiocarbonyl (C=S) groups is 1. The van der Waals surface area contributed by atoms with Crippen LogP contribution >= 0.6 is 12.2 Å². The molecule has 0 spiro atoms. The Bertz CT molecular complexity index is 910. The number of carbonyl (C=O) groups is 1. The summed E-state index contributed by atoms with van der Waals surface area (Å²) in [5.41, 5.74) is 2.02. The van der Waals surface area contributed by atoms with E-state index in [4.69, 9.17) is 12.2 Å². The first-order valence-electron chi connectivity index (χ1n) is 12.0. The zero-order valence-corrected chi connectivity index (χ0v) is 19.8. The lowest BCUT2D eigenvalue weighted by atomic mass is 9.95. The van der Waals surface area contributed by atoms with E-state index >= 15 is 0 Å². The highest BCUT2D eigenvalue weighted by Gasteiger charge is 2.36. The molecule has 1 amide bonds. The maximum Gasteiger partial charge on any atom is 0.237 e. The average molecular weight is 469 g/mol.